The maximum absolute atomic E-state index is 6.27. The molecule has 0 aliphatic heterocycles. The summed E-state index contributed by atoms with van der Waals surface area (Å²) in [4.78, 5) is 2.08. The van der Waals surface area contributed by atoms with Gasteiger partial charge in [-0.3, -0.25) is 10.5 Å². The molecule has 0 amide bonds. The number of nitrogens with zero attached hydrogens (tertiary/aromatic N) is 3. The second-order valence-electron chi connectivity index (χ2n) is 4.83. The van der Waals surface area contributed by atoms with Crippen molar-refractivity contribution in [2.75, 3.05) is 33.9 Å². The van der Waals surface area contributed by atoms with Gasteiger partial charge in [0.25, 0.3) is 0 Å². The van der Waals surface area contributed by atoms with Crippen molar-refractivity contribution < 1.29 is 9.47 Å². The van der Waals surface area contributed by atoms with E-state index in [4.69, 9.17) is 26.9 Å². The van der Waals surface area contributed by atoms with Gasteiger partial charge in [-0.25, -0.2) is 5.43 Å². The van der Waals surface area contributed by atoms with Crippen LogP contribution in [0.15, 0.2) is 6.20 Å². The number of halogens is 1. The molecule has 1 unspecified atom stereocenters. The molecule has 7 nitrogen and oxygen atoms in total. The molecule has 0 fully saturated rings. The average Bonchev–Trinajstić information content (AvgIpc) is 2.80. The molecule has 1 rings (SSSR count). The number of rotatable bonds is 10. The first-order valence-electron chi connectivity index (χ1n) is 7.10. The summed E-state index contributed by atoms with van der Waals surface area (Å²) in [6, 6.07) is -0.387. The molecule has 0 radical (unpaired) electrons. The molecule has 3 N–H and O–H groups in total. The van der Waals surface area contributed by atoms with Crippen molar-refractivity contribution in [2.24, 2.45) is 5.84 Å². The van der Waals surface area contributed by atoms with E-state index in [9.17, 15) is 0 Å². The molecule has 1 aromatic heterocycles. The highest BCUT2D eigenvalue weighted by Gasteiger charge is 2.29. The molecule has 21 heavy (non-hydrogen) atoms. The number of hydrogen-bond donors (Lipinski definition) is 2. The Kier molecular flexibility index (Phi) is 8.16. The zero-order valence-corrected chi connectivity index (χ0v) is 13.9. The first-order chi connectivity index (χ1) is 10.0. The second kappa shape index (κ2) is 9.34. The Balaban J connectivity index is 2.99. The van der Waals surface area contributed by atoms with Crippen molar-refractivity contribution in [2.45, 2.75) is 32.7 Å². The largest absolute Gasteiger partial charge is 0.351 e. The third kappa shape index (κ3) is 5.21. The monoisotopic (exact) mass is 319 g/mol. The van der Waals surface area contributed by atoms with Crippen LogP contribution in [-0.2, 0) is 16.0 Å². The van der Waals surface area contributed by atoms with Gasteiger partial charge in [0.2, 0.25) is 0 Å². The summed E-state index contributed by atoms with van der Waals surface area (Å²) < 4.78 is 13.1. The molecule has 0 saturated carbocycles. The first kappa shape index (κ1) is 18.3. The van der Waals surface area contributed by atoms with Gasteiger partial charge in [-0.2, -0.15) is 5.10 Å². The lowest BCUT2D eigenvalue weighted by Crippen LogP contribution is -2.41. The van der Waals surface area contributed by atoms with E-state index in [1.807, 2.05) is 32.6 Å². The van der Waals surface area contributed by atoms with Crippen molar-refractivity contribution >= 4 is 11.6 Å². The van der Waals surface area contributed by atoms with E-state index in [2.05, 4.69) is 15.4 Å². The third-order valence-electron chi connectivity index (χ3n) is 3.00. The number of hydrazine groups is 1. The molecule has 122 valence electrons. The van der Waals surface area contributed by atoms with Crippen molar-refractivity contribution in [3.8, 4) is 0 Å². The van der Waals surface area contributed by atoms with Gasteiger partial charge < -0.3 is 14.4 Å². The lowest BCUT2D eigenvalue weighted by Gasteiger charge is -2.27. The summed E-state index contributed by atoms with van der Waals surface area (Å²) in [6.45, 7) is 6.40. The SMILES string of the molecule is CCOC(OCC)C(NN)c1c(Cl)cnn1CCN(C)C. The van der Waals surface area contributed by atoms with Gasteiger partial charge in [-0.05, 0) is 27.9 Å². The fraction of sp³-hybridized carbons (Fsp3) is 0.769. The molecule has 0 saturated heterocycles. The molecule has 0 aromatic carbocycles. The van der Waals surface area contributed by atoms with E-state index in [-0.39, 0.29) is 6.04 Å². The maximum Gasteiger partial charge on any atom is 0.179 e. The van der Waals surface area contributed by atoms with Gasteiger partial charge in [0.1, 0.15) is 6.04 Å². The van der Waals surface area contributed by atoms with E-state index < -0.39 is 6.29 Å². The van der Waals surface area contributed by atoms with Crippen molar-refractivity contribution in [3.63, 3.8) is 0 Å². The smallest absolute Gasteiger partial charge is 0.179 e. The van der Waals surface area contributed by atoms with Gasteiger partial charge in [0.15, 0.2) is 6.29 Å². The number of nitrogens with two attached hydrogens (primary N) is 1. The van der Waals surface area contributed by atoms with Crippen LogP contribution in [-0.4, -0.2) is 54.8 Å². The summed E-state index contributed by atoms with van der Waals surface area (Å²) in [7, 11) is 4.01. The summed E-state index contributed by atoms with van der Waals surface area (Å²) in [5.74, 6) is 5.70. The second-order valence-corrected chi connectivity index (χ2v) is 5.23. The third-order valence-corrected chi connectivity index (χ3v) is 3.29. The predicted octanol–water partition coefficient (Wildman–Crippen LogP) is 1.00. The van der Waals surface area contributed by atoms with Crippen LogP contribution in [0.25, 0.3) is 0 Å². The molecule has 0 aliphatic rings. The van der Waals surface area contributed by atoms with Crippen LogP contribution >= 0.6 is 11.6 Å². The Morgan fingerprint density at radius 1 is 1.38 bits per heavy atom. The van der Waals surface area contributed by atoms with E-state index in [0.717, 1.165) is 12.2 Å². The number of likely N-dealkylation sites (N-methyl/N-ethyl adjacent to an activating group) is 1. The number of hydrogen-bond acceptors (Lipinski definition) is 6. The molecule has 0 aliphatic carbocycles. The zero-order chi connectivity index (χ0) is 15.8. The normalized spacial score (nSPS) is 13.3. The topological polar surface area (TPSA) is 77.6 Å². The summed E-state index contributed by atoms with van der Waals surface area (Å²) >= 11 is 6.27. The van der Waals surface area contributed by atoms with Crippen molar-refractivity contribution in [3.05, 3.63) is 16.9 Å². The molecule has 8 heteroatoms. The molecular formula is C13H26ClN5O2. The van der Waals surface area contributed by atoms with Gasteiger partial charge in [-0.1, -0.05) is 11.6 Å². The quantitative estimate of drug-likeness (QED) is 0.381. The molecular weight excluding hydrogens is 294 g/mol. The minimum Gasteiger partial charge on any atom is -0.351 e. The standard InChI is InChI=1S/C13H26ClN5O2/c1-5-20-13(21-6-2)11(17-15)12-10(14)9-16-19(12)8-7-18(3)4/h9,11,13,17H,5-8,15H2,1-4H3. The summed E-state index contributed by atoms with van der Waals surface area (Å²) in [5, 5.41) is 4.85. The van der Waals surface area contributed by atoms with Crippen molar-refractivity contribution in [1.29, 1.82) is 0 Å². The Morgan fingerprint density at radius 2 is 2.00 bits per heavy atom. The highest BCUT2D eigenvalue weighted by molar-refractivity contribution is 6.31. The van der Waals surface area contributed by atoms with Crippen LogP contribution < -0.4 is 11.3 Å². The molecule has 0 bridgehead atoms. The minimum atomic E-state index is -0.516. The highest BCUT2D eigenvalue weighted by Crippen LogP contribution is 2.27. The Morgan fingerprint density at radius 3 is 2.48 bits per heavy atom. The number of aromatic nitrogens is 2. The first-order valence-corrected chi connectivity index (χ1v) is 7.48. The molecule has 1 aromatic rings. The summed E-state index contributed by atoms with van der Waals surface area (Å²) in [5.41, 5.74) is 3.51. The fourth-order valence-electron chi connectivity index (χ4n) is 2.01. The molecule has 1 heterocycles. The number of nitrogens with one attached hydrogen (secondary N) is 1. The zero-order valence-electron chi connectivity index (χ0n) is 13.2. The Labute approximate surface area is 131 Å². The molecule has 0 spiro atoms. The van der Waals surface area contributed by atoms with Gasteiger partial charge in [0.05, 0.1) is 23.5 Å². The summed E-state index contributed by atoms with van der Waals surface area (Å²) in [6.07, 6.45) is 1.10. The van der Waals surface area contributed by atoms with Gasteiger partial charge in [-0.15, -0.1) is 0 Å². The predicted molar refractivity (Wildman–Crippen MR) is 82.9 cm³/mol. The van der Waals surface area contributed by atoms with Gasteiger partial charge in [0, 0.05) is 19.8 Å². The van der Waals surface area contributed by atoms with Crippen LogP contribution in [0, 0.1) is 0 Å². The molecule has 1 atom stereocenters. The fourth-order valence-corrected chi connectivity index (χ4v) is 2.27. The maximum atomic E-state index is 6.27. The van der Waals surface area contributed by atoms with Crippen LogP contribution in [0.2, 0.25) is 5.02 Å². The number of ether oxygens (including phenoxy) is 2. The van der Waals surface area contributed by atoms with Crippen molar-refractivity contribution in [1.82, 2.24) is 20.1 Å². The van der Waals surface area contributed by atoms with Crippen LogP contribution in [0.3, 0.4) is 0 Å². The average molecular weight is 320 g/mol. The van der Waals surface area contributed by atoms with Crippen LogP contribution in [0.5, 0.6) is 0 Å². The van der Waals surface area contributed by atoms with E-state index in [1.165, 1.54) is 0 Å². The van der Waals surface area contributed by atoms with Crippen LogP contribution in [0.1, 0.15) is 25.6 Å². The lowest BCUT2D eigenvalue weighted by atomic mass is 10.2. The van der Waals surface area contributed by atoms with Crippen LogP contribution in [0.4, 0.5) is 0 Å². The highest BCUT2D eigenvalue weighted by atomic mass is 35.5. The van der Waals surface area contributed by atoms with E-state index >= 15 is 0 Å². The lowest BCUT2D eigenvalue weighted by molar-refractivity contribution is -0.156. The van der Waals surface area contributed by atoms with E-state index in [1.54, 1.807) is 6.20 Å². The van der Waals surface area contributed by atoms with E-state index in [0.29, 0.717) is 24.8 Å². The Bertz CT molecular complexity index is 407. The van der Waals surface area contributed by atoms with Gasteiger partial charge >= 0.3 is 0 Å². The Hall–Kier alpha value is -0.700. The minimum absolute atomic E-state index is 0.387.